The molecule has 2 aliphatic rings. The average Bonchev–Trinajstić information content (AvgIpc) is 2.91. The lowest BCUT2D eigenvalue weighted by atomic mass is 10.3. The number of guanidine groups is 1. The lowest BCUT2D eigenvalue weighted by Crippen LogP contribution is -2.42. The van der Waals surface area contributed by atoms with Crippen molar-refractivity contribution < 1.29 is 8.42 Å². The minimum absolute atomic E-state index is 0.250. The van der Waals surface area contributed by atoms with E-state index in [-0.39, 0.29) is 4.90 Å². The number of fused-ring (bicyclic) bond motifs is 1. The number of aliphatic imine (C=N–C) groups is 2. The van der Waals surface area contributed by atoms with Gasteiger partial charge in [-0.3, -0.25) is 5.01 Å². The Balaban J connectivity index is 2.08. The number of benzene rings is 1. The highest BCUT2D eigenvalue weighted by Gasteiger charge is 2.33. The van der Waals surface area contributed by atoms with E-state index >= 15 is 0 Å². The Kier molecular flexibility index (Phi) is 3.73. The van der Waals surface area contributed by atoms with Gasteiger partial charge in [0, 0.05) is 25.5 Å². The van der Waals surface area contributed by atoms with E-state index in [1.807, 2.05) is 36.0 Å². The Hall–Kier alpha value is -2.19. The maximum Gasteiger partial charge on any atom is 0.246 e. The van der Waals surface area contributed by atoms with Crippen molar-refractivity contribution in [2.75, 3.05) is 25.8 Å². The van der Waals surface area contributed by atoms with Gasteiger partial charge in [-0.2, -0.15) is 0 Å². The number of nitrogens with zero attached hydrogens (tertiary/aromatic N) is 5. The van der Waals surface area contributed by atoms with Gasteiger partial charge in [-0.1, -0.05) is 12.1 Å². The molecule has 2 aliphatic heterocycles. The van der Waals surface area contributed by atoms with Crippen LogP contribution in [0.2, 0.25) is 0 Å². The van der Waals surface area contributed by atoms with Crippen molar-refractivity contribution in [2.24, 2.45) is 9.98 Å². The van der Waals surface area contributed by atoms with Crippen molar-refractivity contribution in [1.29, 1.82) is 0 Å². The van der Waals surface area contributed by atoms with E-state index in [9.17, 15) is 8.42 Å². The van der Waals surface area contributed by atoms with Crippen molar-refractivity contribution in [3.63, 3.8) is 0 Å². The molecule has 122 valence electrons. The number of anilines is 1. The van der Waals surface area contributed by atoms with Gasteiger partial charge in [0.1, 0.15) is 11.6 Å². The number of allylic oxidation sites excluding steroid dienone is 2. The molecule has 0 atom stereocenters. The lowest BCUT2D eigenvalue weighted by Gasteiger charge is -2.34. The van der Waals surface area contributed by atoms with Crippen LogP contribution in [0.4, 0.5) is 5.69 Å². The van der Waals surface area contributed by atoms with Crippen molar-refractivity contribution in [3.05, 3.63) is 36.0 Å². The second-order valence-electron chi connectivity index (χ2n) is 5.60. The molecule has 0 spiro atoms. The fourth-order valence-corrected chi connectivity index (χ4v) is 3.70. The zero-order chi connectivity index (χ0) is 16.8. The molecule has 0 amide bonds. The van der Waals surface area contributed by atoms with Crippen LogP contribution in [-0.2, 0) is 10.0 Å². The molecule has 0 saturated carbocycles. The Morgan fingerprint density at radius 1 is 1.17 bits per heavy atom. The molecule has 8 heteroatoms. The molecule has 2 heterocycles. The van der Waals surface area contributed by atoms with Crippen molar-refractivity contribution in [2.45, 2.75) is 18.7 Å². The summed E-state index contributed by atoms with van der Waals surface area (Å²) in [6.45, 7) is 4.20. The number of hydrogen-bond acceptors (Lipinski definition) is 6. The van der Waals surface area contributed by atoms with Crippen LogP contribution in [0.5, 0.6) is 0 Å². The van der Waals surface area contributed by atoms with Crippen molar-refractivity contribution in [3.8, 4) is 0 Å². The van der Waals surface area contributed by atoms with Crippen LogP contribution in [0, 0.1) is 0 Å². The topological polar surface area (TPSA) is 68.6 Å². The monoisotopic (exact) mass is 333 g/mol. The zero-order valence-electron chi connectivity index (χ0n) is 13.6. The van der Waals surface area contributed by atoms with E-state index < -0.39 is 10.0 Å². The smallest absolute Gasteiger partial charge is 0.246 e. The van der Waals surface area contributed by atoms with Crippen molar-refractivity contribution in [1.82, 2.24) is 9.31 Å². The fourth-order valence-electron chi connectivity index (χ4n) is 2.62. The first-order chi connectivity index (χ1) is 10.8. The summed E-state index contributed by atoms with van der Waals surface area (Å²) < 4.78 is 26.4. The number of hydrogen-bond donors (Lipinski definition) is 0. The molecule has 0 bridgehead atoms. The van der Waals surface area contributed by atoms with Gasteiger partial charge in [0.15, 0.2) is 0 Å². The van der Waals surface area contributed by atoms with Gasteiger partial charge in [-0.15, -0.1) is 0 Å². The predicted octanol–water partition coefficient (Wildman–Crippen LogP) is 1.67. The summed E-state index contributed by atoms with van der Waals surface area (Å²) in [7, 11) is -0.501. The molecule has 0 unspecified atom stereocenters. The molecule has 0 saturated heterocycles. The largest absolute Gasteiger partial charge is 0.255 e. The summed E-state index contributed by atoms with van der Waals surface area (Å²) in [5.41, 5.74) is 2.42. The SMILES string of the molecule is CC1=CC(C)=NC2=NCN(c3ccccc3S(=O)(=O)N(C)C)N12. The van der Waals surface area contributed by atoms with Crippen molar-refractivity contribution >= 4 is 27.4 Å². The third-order valence-electron chi connectivity index (χ3n) is 3.71. The zero-order valence-corrected chi connectivity index (χ0v) is 14.4. The summed E-state index contributed by atoms with van der Waals surface area (Å²) in [5, 5.41) is 3.67. The maximum absolute atomic E-state index is 12.6. The molecule has 0 radical (unpaired) electrons. The molecular formula is C15H19N5O2S. The van der Waals surface area contributed by atoms with Crippen LogP contribution in [-0.4, -0.2) is 50.2 Å². The molecule has 23 heavy (non-hydrogen) atoms. The van der Waals surface area contributed by atoms with Gasteiger partial charge in [0.05, 0.1) is 5.69 Å². The molecule has 1 aromatic rings. The van der Waals surface area contributed by atoms with E-state index in [0.717, 1.165) is 11.4 Å². The molecule has 7 nitrogen and oxygen atoms in total. The highest BCUT2D eigenvalue weighted by molar-refractivity contribution is 7.89. The van der Waals surface area contributed by atoms with Gasteiger partial charge >= 0.3 is 0 Å². The van der Waals surface area contributed by atoms with Crippen LogP contribution in [0.1, 0.15) is 13.8 Å². The second-order valence-corrected chi connectivity index (χ2v) is 7.73. The third kappa shape index (κ3) is 2.53. The summed E-state index contributed by atoms with van der Waals surface area (Å²) in [5.74, 6) is 0.583. The lowest BCUT2D eigenvalue weighted by molar-refractivity contribution is 0.490. The average molecular weight is 333 g/mol. The van der Waals surface area contributed by atoms with E-state index in [0.29, 0.717) is 18.3 Å². The Bertz CT molecular complexity index is 839. The molecule has 0 aromatic heterocycles. The van der Waals surface area contributed by atoms with Gasteiger partial charge in [-0.05, 0) is 32.1 Å². The molecule has 0 aliphatic carbocycles. The highest BCUT2D eigenvalue weighted by atomic mass is 32.2. The Labute approximate surface area is 136 Å². The number of hydrazine groups is 1. The maximum atomic E-state index is 12.6. The normalized spacial score (nSPS) is 17.9. The molecular weight excluding hydrogens is 314 g/mol. The number of para-hydroxylation sites is 1. The van der Waals surface area contributed by atoms with Gasteiger partial charge in [0.25, 0.3) is 0 Å². The van der Waals surface area contributed by atoms with E-state index in [1.54, 1.807) is 18.2 Å². The van der Waals surface area contributed by atoms with E-state index in [2.05, 4.69) is 9.98 Å². The Morgan fingerprint density at radius 2 is 1.87 bits per heavy atom. The first kappa shape index (κ1) is 15.7. The first-order valence-electron chi connectivity index (χ1n) is 7.19. The van der Waals surface area contributed by atoms with Crippen LogP contribution in [0.15, 0.2) is 50.9 Å². The summed E-state index contributed by atoms with van der Waals surface area (Å²) in [6.07, 6.45) is 1.94. The number of sulfonamides is 1. The summed E-state index contributed by atoms with van der Waals surface area (Å²) >= 11 is 0. The van der Waals surface area contributed by atoms with Crippen LogP contribution in [0.3, 0.4) is 0 Å². The molecule has 1 aromatic carbocycles. The third-order valence-corrected chi connectivity index (χ3v) is 5.57. The quantitative estimate of drug-likeness (QED) is 0.844. The van der Waals surface area contributed by atoms with E-state index in [1.165, 1.54) is 18.4 Å². The van der Waals surface area contributed by atoms with Crippen LogP contribution >= 0.6 is 0 Å². The van der Waals surface area contributed by atoms with Gasteiger partial charge < -0.3 is 0 Å². The van der Waals surface area contributed by atoms with Gasteiger partial charge in [-0.25, -0.2) is 27.7 Å². The second kappa shape index (κ2) is 5.47. The minimum atomic E-state index is -3.55. The molecule has 0 N–H and O–H groups in total. The number of rotatable bonds is 3. The Morgan fingerprint density at radius 3 is 2.57 bits per heavy atom. The van der Waals surface area contributed by atoms with Crippen LogP contribution in [0.25, 0.3) is 0 Å². The first-order valence-corrected chi connectivity index (χ1v) is 8.63. The van der Waals surface area contributed by atoms with Crippen LogP contribution < -0.4 is 5.01 Å². The van der Waals surface area contributed by atoms with E-state index in [4.69, 9.17) is 0 Å². The summed E-state index contributed by atoms with van der Waals surface area (Å²) in [6, 6.07) is 6.94. The molecule has 0 fully saturated rings. The summed E-state index contributed by atoms with van der Waals surface area (Å²) in [4.78, 5) is 9.08. The predicted molar refractivity (Wildman–Crippen MR) is 90.8 cm³/mol. The highest BCUT2D eigenvalue weighted by Crippen LogP contribution is 2.32. The fraction of sp³-hybridized carbons (Fsp3) is 0.333. The molecule has 3 rings (SSSR count). The standard InChI is InChI=1S/C15H19N5O2S/c1-11-9-12(2)20-15(17-11)16-10-19(20)13-7-5-6-8-14(13)23(21,22)18(3)4/h5-9H,10H2,1-4H3. The minimum Gasteiger partial charge on any atom is -0.255 e. The van der Waals surface area contributed by atoms with Gasteiger partial charge in [0.2, 0.25) is 16.0 Å².